The summed E-state index contributed by atoms with van der Waals surface area (Å²) in [5, 5.41) is 17.8. The molecule has 1 unspecified atom stereocenters. The lowest BCUT2D eigenvalue weighted by Gasteiger charge is -2.09. The van der Waals surface area contributed by atoms with E-state index in [1.54, 1.807) is 32.1 Å². The van der Waals surface area contributed by atoms with Crippen LogP contribution in [-0.4, -0.2) is 22.3 Å². The lowest BCUT2D eigenvalue weighted by Crippen LogP contribution is -2.22. The Balaban J connectivity index is 4.81. The molecule has 0 radical (unpaired) electrons. The fourth-order valence-corrected chi connectivity index (χ4v) is 0.800. The van der Waals surface area contributed by atoms with Crippen LogP contribution in [0.5, 0.6) is 0 Å². The van der Waals surface area contributed by atoms with E-state index in [2.05, 4.69) is 6.58 Å². The molecule has 72 valence electrons. The van der Waals surface area contributed by atoms with Crippen molar-refractivity contribution in [3.8, 4) is 0 Å². The second-order valence-electron chi connectivity index (χ2n) is 2.67. The molecule has 0 aliphatic carbocycles. The van der Waals surface area contributed by atoms with Crippen molar-refractivity contribution in [1.29, 1.82) is 0 Å². The molecular weight excluding hydrogens is 168 g/mol. The Kier molecular flexibility index (Phi) is 4.77. The van der Waals surface area contributed by atoms with Crippen molar-refractivity contribution in [2.45, 2.75) is 20.0 Å². The van der Waals surface area contributed by atoms with Crippen molar-refractivity contribution in [3.05, 3.63) is 36.0 Å². The molecule has 0 aromatic rings. The highest BCUT2D eigenvalue weighted by Gasteiger charge is 2.18. The van der Waals surface area contributed by atoms with Crippen LogP contribution >= 0.6 is 0 Å². The number of carbonyl (C=O) groups is 1. The van der Waals surface area contributed by atoms with E-state index in [1.807, 2.05) is 0 Å². The van der Waals surface area contributed by atoms with E-state index in [4.69, 9.17) is 5.11 Å². The number of hydrogen-bond acceptors (Lipinski definition) is 2. The first-order valence-electron chi connectivity index (χ1n) is 3.90. The molecule has 0 spiro atoms. The summed E-state index contributed by atoms with van der Waals surface area (Å²) in [5.74, 6) is -1.27. The molecule has 3 heteroatoms. The molecule has 0 rings (SSSR count). The molecule has 0 fully saturated rings. The van der Waals surface area contributed by atoms with E-state index >= 15 is 0 Å². The molecule has 0 aromatic carbocycles. The van der Waals surface area contributed by atoms with E-state index in [-0.39, 0.29) is 0 Å². The van der Waals surface area contributed by atoms with Gasteiger partial charge < -0.3 is 10.2 Å². The summed E-state index contributed by atoms with van der Waals surface area (Å²) < 4.78 is 0. The average molecular weight is 182 g/mol. The molecule has 13 heavy (non-hydrogen) atoms. The SMILES string of the molecule is C=C(C)/C(=C\C=C/C)C(O)C(=O)O. The molecule has 0 heterocycles. The highest BCUT2D eigenvalue weighted by molar-refractivity contribution is 5.77. The number of hydrogen-bond donors (Lipinski definition) is 2. The van der Waals surface area contributed by atoms with E-state index in [1.165, 1.54) is 0 Å². The van der Waals surface area contributed by atoms with Gasteiger partial charge in [0.2, 0.25) is 0 Å². The number of rotatable bonds is 4. The Morgan fingerprint density at radius 3 is 2.38 bits per heavy atom. The second-order valence-corrected chi connectivity index (χ2v) is 2.67. The molecule has 2 N–H and O–H groups in total. The van der Waals surface area contributed by atoms with E-state index in [9.17, 15) is 9.90 Å². The molecule has 1 atom stereocenters. The molecule has 0 saturated carbocycles. The van der Waals surface area contributed by atoms with Gasteiger partial charge in [-0.25, -0.2) is 4.79 Å². The third-order valence-electron chi connectivity index (χ3n) is 1.49. The summed E-state index contributed by atoms with van der Waals surface area (Å²) in [7, 11) is 0. The van der Waals surface area contributed by atoms with Gasteiger partial charge in [-0.3, -0.25) is 0 Å². The summed E-state index contributed by atoms with van der Waals surface area (Å²) in [6.45, 7) is 7.05. The minimum atomic E-state index is -1.49. The third-order valence-corrected chi connectivity index (χ3v) is 1.49. The van der Waals surface area contributed by atoms with Crippen molar-refractivity contribution in [3.63, 3.8) is 0 Å². The first-order chi connectivity index (χ1) is 6.00. The standard InChI is InChI=1S/C10H14O3/c1-4-5-6-8(7(2)3)9(11)10(12)13/h4-6,9,11H,2H2,1,3H3,(H,12,13)/b5-4-,8-6+. The summed E-state index contributed by atoms with van der Waals surface area (Å²) >= 11 is 0. The van der Waals surface area contributed by atoms with Crippen molar-refractivity contribution in [1.82, 2.24) is 0 Å². The highest BCUT2D eigenvalue weighted by atomic mass is 16.4. The zero-order valence-corrected chi connectivity index (χ0v) is 7.82. The smallest absolute Gasteiger partial charge is 0.337 e. The Morgan fingerprint density at radius 2 is 2.08 bits per heavy atom. The average Bonchev–Trinajstić information content (AvgIpc) is 2.04. The second kappa shape index (κ2) is 5.32. The zero-order valence-electron chi connectivity index (χ0n) is 7.82. The monoisotopic (exact) mass is 182 g/mol. The number of carboxylic acids is 1. The van der Waals surface area contributed by atoms with Gasteiger partial charge in [0.1, 0.15) is 0 Å². The summed E-state index contributed by atoms with van der Waals surface area (Å²) in [6.07, 6.45) is 3.46. The maximum atomic E-state index is 10.5. The summed E-state index contributed by atoms with van der Waals surface area (Å²) in [5.41, 5.74) is 0.874. The summed E-state index contributed by atoms with van der Waals surface area (Å²) in [4.78, 5) is 10.5. The Bertz CT molecular complexity index is 261. The maximum absolute atomic E-state index is 10.5. The van der Waals surface area contributed by atoms with E-state index < -0.39 is 12.1 Å². The predicted molar refractivity (Wildman–Crippen MR) is 51.4 cm³/mol. The van der Waals surface area contributed by atoms with Gasteiger partial charge in [0.15, 0.2) is 6.10 Å². The number of aliphatic hydroxyl groups is 1. The third kappa shape index (κ3) is 3.71. The fourth-order valence-electron chi connectivity index (χ4n) is 0.800. The van der Waals surface area contributed by atoms with Gasteiger partial charge in [0.05, 0.1) is 0 Å². The van der Waals surface area contributed by atoms with Crippen LogP contribution in [-0.2, 0) is 4.79 Å². The van der Waals surface area contributed by atoms with Crippen LogP contribution in [0.1, 0.15) is 13.8 Å². The van der Waals surface area contributed by atoms with Crippen LogP contribution in [0, 0.1) is 0 Å². The zero-order chi connectivity index (χ0) is 10.4. The van der Waals surface area contributed by atoms with Gasteiger partial charge in [-0.05, 0) is 19.4 Å². The van der Waals surface area contributed by atoms with Crippen LogP contribution in [0.4, 0.5) is 0 Å². The van der Waals surface area contributed by atoms with Crippen LogP contribution < -0.4 is 0 Å². The van der Waals surface area contributed by atoms with Gasteiger partial charge >= 0.3 is 5.97 Å². The number of aliphatic carboxylic acids is 1. The maximum Gasteiger partial charge on any atom is 0.337 e. The van der Waals surface area contributed by atoms with Crippen LogP contribution in [0.25, 0.3) is 0 Å². The first-order valence-corrected chi connectivity index (χ1v) is 3.90. The minimum absolute atomic E-state index is 0.325. The number of aliphatic hydroxyl groups excluding tert-OH is 1. The quantitative estimate of drug-likeness (QED) is 0.648. The van der Waals surface area contributed by atoms with Crippen LogP contribution in [0.15, 0.2) is 36.0 Å². The van der Waals surface area contributed by atoms with Crippen molar-refractivity contribution in [2.24, 2.45) is 0 Å². The normalized spacial score (nSPS) is 14.5. The molecular formula is C10H14O3. The molecule has 0 amide bonds. The largest absolute Gasteiger partial charge is 0.479 e. The topological polar surface area (TPSA) is 57.5 Å². The van der Waals surface area contributed by atoms with Crippen LogP contribution in [0.2, 0.25) is 0 Å². The lowest BCUT2D eigenvalue weighted by molar-refractivity contribution is -0.144. The Morgan fingerprint density at radius 1 is 1.54 bits per heavy atom. The lowest BCUT2D eigenvalue weighted by atomic mass is 10.0. The molecule has 0 saturated heterocycles. The first kappa shape index (κ1) is 11.6. The fraction of sp³-hybridized carbons (Fsp3) is 0.300. The van der Waals surface area contributed by atoms with Crippen molar-refractivity contribution in [2.75, 3.05) is 0 Å². The van der Waals surface area contributed by atoms with Crippen molar-refractivity contribution >= 4 is 5.97 Å². The van der Waals surface area contributed by atoms with Gasteiger partial charge in [-0.2, -0.15) is 0 Å². The van der Waals surface area contributed by atoms with Gasteiger partial charge in [-0.1, -0.05) is 30.4 Å². The predicted octanol–water partition coefficient (Wildman–Crippen LogP) is 1.51. The number of allylic oxidation sites excluding steroid dienone is 3. The number of carboxylic acid groups (broad SMARTS) is 1. The van der Waals surface area contributed by atoms with Crippen molar-refractivity contribution < 1.29 is 15.0 Å². The molecule has 3 nitrogen and oxygen atoms in total. The van der Waals surface area contributed by atoms with Gasteiger partial charge in [0, 0.05) is 0 Å². The van der Waals surface area contributed by atoms with Crippen LogP contribution in [0.3, 0.4) is 0 Å². The van der Waals surface area contributed by atoms with E-state index in [0.29, 0.717) is 11.1 Å². The van der Waals surface area contributed by atoms with E-state index in [0.717, 1.165) is 0 Å². The van der Waals surface area contributed by atoms with Gasteiger partial charge in [-0.15, -0.1) is 0 Å². The highest BCUT2D eigenvalue weighted by Crippen LogP contribution is 2.12. The van der Waals surface area contributed by atoms with Gasteiger partial charge in [0.25, 0.3) is 0 Å². The Hall–Kier alpha value is -1.35. The molecule has 0 aromatic heterocycles. The molecule has 0 bridgehead atoms. The minimum Gasteiger partial charge on any atom is -0.479 e. The Labute approximate surface area is 77.7 Å². The summed E-state index contributed by atoms with van der Waals surface area (Å²) in [6, 6.07) is 0. The molecule has 0 aliphatic rings. The molecule has 0 aliphatic heterocycles.